The second kappa shape index (κ2) is 9.97. The summed E-state index contributed by atoms with van der Waals surface area (Å²) in [7, 11) is 0. The largest absolute Gasteiger partial charge is 0.513 e. The summed E-state index contributed by atoms with van der Waals surface area (Å²) in [6, 6.07) is 10.9. The fourth-order valence-corrected chi connectivity index (χ4v) is 4.09. The summed E-state index contributed by atoms with van der Waals surface area (Å²) < 4.78 is 2.41. The van der Waals surface area contributed by atoms with E-state index < -0.39 is 5.60 Å². The molecule has 4 heteroatoms. The average Bonchev–Trinajstić information content (AvgIpc) is 3.04. The van der Waals surface area contributed by atoms with Gasteiger partial charge in [0.1, 0.15) is 0 Å². The van der Waals surface area contributed by atoms with Gasteiger partial charge >= 0.3 is 0 Å². The molecule has 0 amide bonds. The van der Waals surface area contributed by atoms with Crippen molar-refractivity contribution < 1.29 is 10.2 Å². The summed E-state index contributed by atoms with van der Waals surface area (Å²) in [4.78, 5) is 0. The van der Waals surface area contributed by atoms with Crippen molar-refractivity contribution in [2.45, 2.75) is 60.1 Å². The van der Waals surface area contributed by atoms with Gasteiger partial charge in [0, 0.05) is 30.6 Å². The van der Waals surface area contributed by atoms with Crippen molar-refractivity contribution in [1.82, 2.24) is 4.57 Å². The molecule has 3 N–H and O–H groups in total. The Morgan fingerprint density at radius 2 is 1.69 bits per heavy atom. The Bertz CT molecular complexity index is 1120. The third-order valence-corrected chi connectivity index (χ3v) is 5.30. The lowest BCUT2D eigenvalue weighted by molar-refractivity contribution is 0.102. The van der Waals surface area contributed by atoms with Gasteiger partial charge in [-0.05, 0) is 69.9 Å². The molecule has 0 fully saturated rings. The maximum Gasteiger partial charge on any atom is 0.0895 e. The molecule has 1 aliphatic rings. The molecule has 0 saturated carbocycles. The van der Waals surface area contributed by atoms with Crippen molar-refractivity contribution in [3.05, 3.63) is 65.1 Å². The monoisotopic (exact) mass is 432 g/mol. The molecule has 3 aromatic rings. The van der Waals surface area contributed by atoms with Crippen LogP contribution in [0.25, 0.3) is 22.0 Å². The minimum Gasteiger partial charge on any atom is -0.513 e. The van der Waals surface area contributed by atoms with Crippen LogP contribution in [-0.4, -0.2) is 26.9 Å². The van der Waals surface area contributed by atoms with Crippen molar-refractivity contribution in [2.75, 3.05) is 11.9 Å². The maximum absolute atomic E-state index is 9.94. The molecule has 2 aromatic carbocycles. The third-order valence-electron chi connectivity index (χ3n) is 5.30. The van der Waals surface area contributed by atoms with E-state index >= 15 is 0 Å². The molecule has 4 nitrogen and oxygen atoms in total. The Hall–Kier alpha value is -3.16. The molecular weight excluding hydrogens is 396 g/mol. The van der Waals surface area contributed by atoms with E-state index in [-0.39, 0.29) is 5.76 Å². The Kier molecular flexibility index (Phi) is 7.83. The van der Waals surface area contributed by atoms with E-state index in [0.29, 0.717) is 6.42 Å². The van der Waals surface area contributed by atoms with Gasteiger partial charge in [-0.25, -0.2) is 0 Å². The quantitative estimate of drug-likeness (QED) is 0.336. The maximum atomic E-state index is 9.94. The van der Waals surface area contributed by atoms with Crippen molar-refractivity contribution >= 4 is 16.6 Å². The standard InChI is InChI=1S/C22H24N2O.C4H10O.C2H2/c1-13-5-7-17(8-6-13)20-18(12-15(3)25)16(4)21-22-19(20)11-14(2)24(22)10-9-23-21;1-4(2,3)5;1-2/h5-8,11,23,25H,3,9-10,12H2,1-2,4H3;5H,1-3H3;1-2H. The molecule has 0 bridgehead atoms. The topological polar surface area (TPSA) is 57.4 Å². The molecule has 1 aliphatic heterocycles. The number of aliphatic hydroxyl groups excluding tert-OH is 1. The average molecular weight is 433 g/mol. The minimum absolute atomic E-state index is 0.204. The SMILES string of the molecule is C#C.C=C(O)Cc1c(C)c2c3c(cc(C)n3CCN2)c1-c1ccc(C)cc1.CC(C)(C)O. The van der Waals surface area contributed by atoms with Gasteiger partial charge in [0.25, 0.3) is 0 Å². The van der Waals surface area contributed by atoms with Gasteiger partial charge in [0.2, 0.25) is 0 Å². The molecule has 2 heterocycles. The van der Waals surface area contributed by atoms with Gasteiger partial charge < -0.3 is 20.1 Å². The van der Waals surface area contributed by atoms with Crippen molar-refractivity contribution in [2.24, 2.45) is 0 Å². The van der Waals surface area contributed by atoms with Gasteiger partial charge in [-0.3, -0.25) is 0 Å². The summed E-state index contributed by atoms with van der Waals surface area (Å²) in [5.41, 5.74) is 9.29. The molecule has 0 radical (unpaired) electrons. The lowest BCUT2D eigenvalue weighted by Gasteiger charge is -2.25. The van der Waals surface area contributed by atoms with Gasteiger partial charge in [0.15, 0.2) is 0 Å². The number of allylic oxidation sites excluding steroid dienone is 1. The summed E-state index contributed by atoms with van der Waals surface area (Å²) in [6.45, 7) is 17.3. The van der Waals surface area contributed by atoms with E-state index in [2.05, 4.69) is 80.4 Å². The molecule has 32 heavy (non-hydrogen) atoms. The van der Waals surface area contributed by atoms with Crippen LogP contribution in [0.1, 0.15) is 43.2 Å². The van der Waals surface area contributed by atoms with Gasteiger partial charge in [-0.15, -0.1) is 12.8 Å². The zero-order chi connectivity index (χ0) is 24.2. The van der Waals surface area contributed by atoms with Gasteiger partial charge in [-0.1, -0.05) is 36.4 Å². The Morgan fingerprint density at radius 3 is 2.22 bits per heavy atom. The predicted octanol–water partition coefficient (Wildman–Crippen LogP) is 6.30. The van der Waals surface area contributed by atoms with Crippen LogP contribution in [-0.2, 0) is 13.0 Å². The summed E-state index contributed by atoms with van der Waals surface area (Å²) in [5.74, 6) is 0.204. The Balaban J connectivity index is 0.000000460. The highest BCUT2D eigenvalue weighted by Crippen LogP contribution is 2.43. The summed E-state index contributed by atoms with van der Waals surface area (Å²) >= 11 is 0. The highest BCUT2D eigenvalue weighted by Gasteiger charge is 2.24. The van der Waals surface area contributed by atoms with Gasteiger partial charge in [-0.2, -0.15) is 0 Å². The molecule has 170 valence electrons. The molecule has 4 rings (SSSR count). The minimum atomic E-state index is -0.500. The first-order chi connectivity index (χ1) is 15.0. The van der Waals surface area contributed by atoms with Crippen molar-refractivity contribution in [3.63, 3.8) is 0 Å². The molecule has 0 spiro atoms. The van der Waals surface area contributed by atoms with E-state index in [1.165, 1.54) is 44.5 Å². The van der Waals surface area contributed by atoms with E-state index in [4.69, 9.17) is 5.11 Å². The molecule has 0 saturated heterocycles. The number of hydrogen-bond acceptors (Lipinski definition) is 3. The first-order valence-corrected chi connectivity index (χ1v) is 10.9. The van der Waals surface area contributed by atoms with Crippen LogP contribution in [0.5, 0.6) is 0 Å². The molecule has 0 unspecified atom stereocenters. The summed E-state index contributed by atoms with van der Waals surface area (Å²) in [5, 5.41) is 23.3. The predicted molar refractivity (Wildman–Crippen MR) is 137 cm³/mol. The number of anilines is 1. The highest BCUT2D eigenvalue weighted by molar-refractivity contribution is 6.06. The number of aryl methyl sites for hydroxylation is 2. The lowest BCUT2D eigenvalue weighted by Crippen LogP contribution is -2.19. The number of rotatable bonds is 3. The second-order valence-corrected chi connectivity index (χ2v) is 9.26. The Labute approximate surface area is 192 Å². The zero-order valence-corrected chi connectivity index (χ0v) is 20.2. The van der Waals surface area contributed by atoms with Crippen molar-refractivity contribution in [3.8, 4) is 24.0 Å². The number of aromatic nitrogens is 1. The fourth-order valence-electron chi connectivity index (χ4n) is 4.09. The lowest BCUT2D eigenvalue weighted by atomic mass is 9.88. The number of terminal acetylenes is 1. The second-order valence-electron chi connectivity index (χ2n) is 9.26. The van der Waals surface area contributed by atoms with E-state index in [1.807, 2.05) is 0 Å². The molecular formula is C28H36N2O2. The molecule has 0 atom stereocenters. The third kappa shape index (κ3) is 5.55. The molecule has 0 aliphatic carbocycles. The van der Waals surface area contributed by atoms with Crippen LogP contribution in [0.4, 0.5) is 5.69 Å². The van der Waals surface area contributed by atoms with Crippen LogP contribution >= 0.6 is 0 Å². The van der Waals surface area contributed by atoms with E-state index in [0.717, 1.165) is 18.7 Å². The first-order valence-electron chi connectivity index (χ1n) is 10.9. The fraction of sp³-hybridized carbons (Fsp3) is 0.357. The normalized spacial score (nSPS) is 12.2. The van der Waals surface area contributed by atoms with Crippen LogP contribution in [0.15, 0.2) is 42.7 Å². The number of hydrogen-bond donors (Lipinski definition) is 3. The van der Waals surface area contributed by atoms with Crippen LogP contribution in [0, 0.1) is 33.6 Å². The number of nitrogens with one attached hydrogen (secondary N) is 1. The zero-order valence-electron chi connectivity index (χ0n) is 20.2. The number of aliphatic hydroxyl groups is 2. The Morgan fingerprint density at radius 1 is 1.12 bits per heavy atom. The highest BCUT2D eigenvalue weighted by atomic mass is 16.3. The summed E-state index contributed by atoms with van der Waals surface area (Å²) in [6.07, 6.45) is 8.48. The smallest absolute Gasteiger partial charge is 0.0895 e. The van der Waals surface area contributed by atoms with E-state index in [1.54, 1.807) is 20.8 Å². The molecule has 1 aromatic heterocycles. The number of nitrogens with zero attached hydrogens (tertiary/aromatic N) is 1. The van der Waals surface area contributed by atoms with E-state index in [9.17, 15) is 5.11 Å². The van der Waals surface area contributed by atoms with Crippen LogP contribution in [0.3, 0.4) is 0 Å². The van der Waals surface area contributed by atoms with Crippen LogP contribution < -0.4 is 5.32 Å². The van der Waals surface area contributed by atoms with Crippen LogP contribution in [0.2, 0.25) is 0 Å². The first kappa shape index (κ1) is 25.1. The van der Waals surface area contributed by atoms with Crippen molar-refractivity contribution in [1.29, 1.82) is 0 Å². The van der Waals surface area contributed by atoms with Gasteiger partial charge in [0.05, 0.1) is 22.6 Å². The number of benzene rings is 2.